The van der Waals surface area contributed by atoms with Crippen LogP contribution in [-0.4, -0.2) is 82.8 Å². The summed E-state index contributed by atoms with van der Waals surface area (Å²) in [5.41, 5.74) is 5.24. The fourth-order valence-corrected chi connectivity index (χ4v) is 5.37. The maximum Gasteiger partial charge on any atom is 0.199 e. The van der Waals surface area contributed by atoms with E-state index >= 15 is 0 Å². The highest BCUT2D eigenvalue weighted by molar-refractivity contribution is 6.39. The fourth-order valence-electron chi connectivity index (χ4n) is 5.37. The molecule has 0 saturated carbocycles. The highest BCUT2D eigenvalue weighted by Crippen LogP contribution is 2.37. The van der Waals surface area contributed by atoms with Crippen LogP contribution in [0.15, 0.2) is 95.8 Å². The molecule has 45 heavy (non-hydrogen) atoms. The van der Waals surface area contributed by atoms with E-state index in [1.807, 2.05) is 73.8 Å². The van der Waals surface area contributed by atoms with Crippen LogP contribution in [0.1, 0.15) is 45.1 Å². The smallest absolute Gasteiger partial charge is 0.199 e. The first-order valence-corrected chi connectivity index (χ1v) is 16.4. The van der Waals surface area contributed by atoms with E-state index in [1.165, 1.54) is 5.69 Å². The molecule has 7 heteroatoms. The SMILES string of the molecule is CCCCN(CCCC)c1ccc(C2=C([O-])C(=C3C=CC(=[N+](C)CCOCCOCCN(C)c4ccccc4)C=C3)C2=O)cc1. The average molecular weight is 612 g/mol. The summed E-state index contributed by atoms with van der Waals surface area (Å²) in [6.07, 6.45) is 12.2. The molecule has 2 aromatic rings. The van der Waals surface area contributed by atoms with E-state index in [0.717, 1.165) is 56.7 Å². The molecule has 0 unspecified atom stereocenters. The molecule has 0 aliphatic heterocycles. The fraction of sp³-hybridized carbons (Fsp3) is 0.421. The number of carbonyl (C=O) groups excluding carboxylic acids is 1. The van der Waals surface area contributed by atoms with Crippen molar-refractivity contribution in [3.05, 3.63) is 101 Å². The molecule has 4 rings (SSSR count). The van der Waals surface area contributed by atoms with Gasteiger partial charge in [-0.25, -0.2) is 4.58 Å². The minimum absolute atomic E-state index is 0.176. The predicted molar refractivity (Wildman–Crippen MR) is 183 cm³/mol. The van der Waals surface area contributed by atoms with E-state index < -0.39 is 0 Å². The third kappa shape index (κ3) is 9.28. The van der Waals surface area contributed by atoms with Crippen molar-refractivity contribution in [3.63, 3.8) is 0 Å². The standard InChI is InChI=1S/C38H49N3O4/c1-5-7-22-41(23-8-6-2)34-20-16-31(17-21-34)36-37(42)35(38(36)43)30-14-18-33(19-15-30)40(4)25-27-45-29-28-44-26-24-39(3)32-12-10-9-11-13-32/h9-21H,5-8,22-29H2,1-4H3. The number of benzene rings is 2. The van der Waals surface area contributed by atoms with Gasteiger partial charge < -0.3 is 24.4 Å². The number of ketones is 1. The number of hydrogen-bond acceptors (Lipinski definition) is 6. The Kier molecular flexibility index (Phi) is 13.2. The van der Waals surface area contributed by atoms with Crippen LogP contribution < -0.4 is 14.9 Å². The van der Waals surface area contributed by atoms with E-state index in [-0.39, 0.29) is 22.7 Å². The Bertz CT molecular complexity index is 1390. The quantitative estimate of drug-likeness (QED) is 0.127. The minimum Gasteiger partial charge on any atom is -0.871 e. The third-order valence-corrected chi connectivity index (χ3v) is 8.30. The second-order valence-corrected chi connectivity index (χ2v) is 11.6. The van der Waals surface area contributed by atoms with Crippen molar-refractivity contribution in [2.24, 2.45) is 0 Å². The summed E-state index contributed by atoms with van der Waals surface area (Å²) in [7, 11) is 4.06. The summed E-state index contributed by atoms with van der Waals surface area (Å²) >= 11 is 0. The number of para-hydroxylation sites is 1. The second kappa shape index (κ2) is 17.5. The first-order chi connectivity index (χ1) is 21.9. The highest BCUT2D eigenvalue weighted by Gasteiger charge is 2.30. The van der Waals surface area contributed by atoms with Crippen LogP contribution >= 0.6 is 0 Å². The summed E-state index contributed by atoms with van der Waals surface area (Å²) in [6.45, 7) is 10.3. The number of allylic oxidation sites excluding steroid dienone is 7. The first-order valence-electron chi connectivity index (χ1n) is 16.4. The zero-order valence-electron chi connectivity index (χ0n) is 27.5. The topological polar surface area (TPSA) is 68.1 Å². The lowest BCUT2D eigenvalue weighted by atomic mass is 9.80. The number of rotatable bonds is 18. The molecule has 0 spiro atoms. The molecule has 0 saturated heterocycles. The number of hydrogen-bond donors (Lipinski definition) is 0. The zero-order chi connectivity index (χ0) is 32.0. The molecule has 0 bridgehead atoms. The van der Waals surface area contributed by atoms with Gasteiger partial charge >= 0.3 is 0 Å². The number of carbonyl (C=O) groups is 1. The van der Waals surface area contributed by atoms with Gasteiger partial charge in [-0.3, -0.25) is 4.79 Å². The van der Waals surface area contributed by atoms with Gasteiger partial charge in [-0.05, 0) is 60.4 Å². The largest absolute Gasteiger partial charge is 0.871 e. The van der Waals surface area contributed by atoms with Crippen molar-refractivity contribution >= 4 is 28.4 Å². The Morgan fingerprint density at radius 1 is 0.733 bits per heavy atom. The van der Waals surface area contributed by atoms with E-state index in [0.29, 0.717) is 44.1 Å². The van der Waals surface area contributed by atoms with Crippen molar-refractivity contribution in [1.82, 2.24) is 0 Å². The Hall–Kier alpha value is -3.94. The van der Waals surface area contributed by atoms with Gasteiger partial charge in [0.15, 0.2) is 18.0 Å². The molecule has 0 N–H and O–H groups in total. The van der Waals surface area contributed by atoms with Crippen LogP contribution in [0.25, 0.3) is 5.57 Å². The Labute approximate surface area is 269 Å². The predicted octanol–water partition coefficient (Wildman–Crippen LogP) is 5.42. The molecule has 0 fully saturated rings. The highest BCUT2D eigenvalue weighted by atomic mass is 16.5. The van der Waals surface area contributed by atoms with Gasteiger partial charge in [-0.2, -0.15) is 0 Å². The molecular formula is C38H49N3O4. The molecule has 240 valence electrons. The molecule has 0 radical (unpaired) electrons. The van der Waals surface area contributed by atoms with Crippen molar-refractivity contribution in [2.75, 3.05) is 76.5 Å². The van der Waals surface area contributed by atoms with Crippen LogP contribution in [0, 0.1) is 0 Å². The maximum absolute atomic E-state index is 13.1. The van der Waals surface area contributed by atoms with E-state index in [1.54, 1.807) is 0 Å². The van der Waals surface area contributed by atoms with Gasteiger partial charge in [0.1, 0.15) is 13.7 Å². The van der Waals surface area contributed by atoms with Gasteiger partial charge in [-0.1, -0.05) is 62.8 Å². The number of likely N-dealkylation sites (N-methyl/N-ethyl adjacent to an activating group) is 2. The molecule has 0 heterocycles. The number of unbranched alkanes of at least 4 members (excludes halogenated alkanes) is 2. The number of anilines is 2. The second-order valence-electron chi connectivity index (χ2n) is 11.6. The van der Waals surface area contributed by atoms with E-state index in [2.05, 4.69) is 47.4 Å². The minimum atomic E-state index is -0.176. The Balaban J connectivity index is 1.24. The summed E-state index contributed by atoms with van der Waals surface area (Å²) < 4.78 is 13.6. The lowest BCUT2D eigenvalue weighted by molar-refractivity contribution is -0.499. The molecule has 2 aromatic carbocycles. The van der Waals surface area contributed by atoms with E-state index in [9.17, 15) is 9.90 Å². The van der Waals surface area contributed by atoms with Crippen molar-refractivity contribution in [2.45, 2.75) is 39.5 Å². The van der Waals surface area contributed by atoms with Crippen LogP contribution in [-0.2, 0) is 14.3 Å². The van der Waals surface area contributed by atoms with E-state index in [4.69, 9.17) is 9.47 Å². The molecule has 0 atom stereocenters. The van der Waals surface area contributed by atoms with Crippen LogP contribution in [0.4, 0.5) is 11.4 Å². The van der Waals surface area contributed by atoms with Crippen molar-refractivity contribution in [3.8, 4) is 0 Å². The first kappa shape index (κ1) is 33.9. The number of Topliss-reactive ketones (excluding diaryl/α,β-unsaturated/α-hetero) is 1. The average Bonchev–Trinajstić information content (AvgIpc) is 3.07. The number of ether oxygens (including phenoxy) is 2. The van der Waals surface area contributed by atoms with Gasteiger partial charge in [0.25, 0.3) is 0 Å². The molecule has 0 amide bonds. The molecule has 2 aliphatic carbocycles. The Morgan fingerprint density at radius 2 is 1.36 bits per heavy atom. The lowest BCUT2D eigenvalue weighted by Crippen LogP contribution is -2.30. The van der Waals surface area contributed by atoms with Gasteiger partial charge in [0, 0.05) is 61.4 Å². The van der Waals surface area contributed by atoms with Gasteiger partial charge in [0.2, 0.25) is 0 Å². The van der Waals surface area contributed by atoms with Gasteiger partial charge in [-0.15, -0.1) is 0 Å². The van der Waals surface area contributed by atoms with Crippen molar-refractivity contribution in [1.29, 1.82) is 0 Å². The summed E-state index contributed by atoms with van der Waals surface area (Å²) in [4.78, 5) is 17.7. The Morgan fingerprint density at radius 3 is 1.96 bits per heavy atom. The normalized spacial score (nSPS) is 14.3. The monoisotopic (exact) mass is 611 g/mol. The van der Waals surface area contributed by atoms with Crippen LogP contribution in [0.2, 0.25) is 0 Å². The lowest BCUT2D eigenvalue weighted by Gasteiger charge is -2.32. The molecule has 2 aliphatic rings. The van der Waals surface area contributed by atoms with Gasteiger partial charge in [0.05, 0.1) is 19.8 Å². The molecule has 7 nitrogen and oxygen atoms in total. The van der Waals surface area contributed by atoms with Crippen molar-refractivity contribution < 1.29 is 24.0 Å². The summed E-state index contributed by atoms with van der Waals surface area (Å²) in [5, 5.41) is 13.1. The number of nitrogens with zero attached hydrogens (tertiary/aromatic N) is 3. The molecular weight excluding hydrogens is 562 g/mol. The summed E-state index contributed by atoms with van der Waals surface area (Å²) in [5.74, 6) is -0.352. The van der Waals surface area contributed by atoms with Crippen LogP contribution in [0.3, 0.4) is 0 Å². The molecule has 0 aromatic heterocycles. The zero-order valence-corrected chi connectivity index (χ0v) is 27.5. The third-order valence-electron chi connectivity index (χ3n) is 8.30. The maximum atomic E-state index is 13.1. The summed E-state index contributed by atoms with van der Waals surface area (Å²) in [6, 6.07) is 18.2. The van der Waals surface area contributed by atoms with Crippen LogP contribution in [0.5, 0.6) is 0 Å².